The van der Waals surface area contributed by atoms with Gasteiger partial charge in [-0.2, -0.15) is 5.10 Å². The van der Waals surface area contributed by atoms with Crippen molar-refractivity contribution in [2.24, 2.45) is 0 Å². The van der Waals surface area contributed by atoms with Gasteiger partial charge >= 0.3 is 0 Å². The van der Waals surface area contributed by atoms with Gasteiger partial charge in [0.1, 0.15) is 29.0 Å². The topological polar surface area (TPSA) is 107 Å². The molecule has 1 spiro atoms. The Morgan fingerprint density at radius 3 is 2.83 bits per heavy atom. The first kappa shape index (κ1) is 20.4. The van der Waals surface area contributed by atoms with E-state index in [1.54, 1.807) is 16.9 Å². The lowest BCUT2D eigenvalue weighted by Gasteiger charge is -2.42. The van der Waals surface area contributed by atoms with Crippen molar-refractivity contribution in [3.8, 4) is 5.75 Å². The Morgan fingerprint density at radius 1 is 1.37 bits per heavy atom. The molecule has 162 valence electrons. The summed E-state index contributed by atoms with van der Waals surface area (Å²) in [5.41, 5.74) is 6.10. The monoisotopic (exact) mass is 416 g/mol. The Morgan fingerprint density at radius 2 is 2.10 bits per heavy atom. The molecule has 8 nitrogen and oxygen atoms in total. The van der Waals surface area contributed by atoms with E-state index < -0.39 is 17.6 Å². The maximum Gasteiger partial charge on any atom is 0.263 e. The number of ether oxygens (including phenoxy) is 1. The fraction of sp³-hybridized carbons (Fsp3) is 0.571. The standard InChI is InChI=1S/C21H29FN6O2/c1-2-30-15-8-11-24-12-14(15)26-20(29)17-18(23)27-28-19(17)25-13-16(22)21(28)9-6-4-3-5-7-10-21/h8,11-12,16,25H,2-7,9-10,13H2,1H3,(H2,23,27)(H,26,29). The summed E-state index contributed by atoms with van der Waals surface area (Å²) in [6, 6.07) is 1.69. The minimum absolute atomic E-state index is 0.0902. The van der Waals surface area contributed by atoms with Gasteiger partial charge in [0.05, 0.1) is 18.3 Å². The van der Waals surface area contributed by atoms with Crippen LogP contribution in [-0.4, -0.2) is 40.0 Å². The fourth-order valence-corrected chi connectivity index (χ4v) is 4.64. The molecule has 0 saturated heterocycles. The summed E-state index contributed by atoms with van der Waals surface area (Å²) in [7, 11) is 0. The van der Waals surface area contributed by atoms with E-state index in [-0.39, 0.29) is 17.9 Å². The molecule has 1 aliphatic carbocycles. The SMILES string of the molecule is CCOc1ccncc1NC(=O)c1c(N)nn2c1NCC(F)C21CCCCCCC1. The van der Waals surface area contributed by atoms with Crippen LogP contribution in [0.2, 0.25) is 0 Å². The maximum atomic E-state index is 15.3. The summed E-state index contributed by atoms with van der Waals surface area (Å²) in [4.78, 5) is 17.2. The molecular formula is C21H29FN6O2. The first-order valence-corrected chi connectivity index (χ1v) is 10.7. The van der Waals surface area contributed by atoms with Crippen LogP contribution in [0.1, 0.15) is 62.2 Å². The quantitative estimate of drug-likeness (QED) is 0.701. The molecule has 0 radical (unpaired) electrons. The van der Waals surface area contributed by atoms with Crippen molar-refractivity contribution in [2.45, 2.75) is 63.6 Å². The zero-order chi connectivity index (χ0) is 21.1. The van der Waals surface area contributed by atoms with Crippen LogP contribution in [0.15, 0.2) is 18.5 Å². The third-order valence-corrected chi connectivity index (χ3v) is 6.14. The number of nitrogens with zero attached hydrogens (tertiary/aromatic N) is 3. The van der Waals surface area contributed by atoms with Gasteiger partial charge in [-0.25, -0.2) is 9.07 Å². The lowest BCUT2D eigenvalue weighted by molar-refractivity contribution is 0.0691. The molecule has 2 aromatic heterocycles. The van der Waals surface area contributed by atoms with Crippen molar-refractivity contribution in [3.05, 3.63) is 24.0 Å². The number of carbonyl (C=O) groups is 1. The largest absolute Gasteiger partial charge is 0.492 e. The Hall–Kier alpha value is -2.84. The Balaban J connectivity index is 1.68. The molecular weight excluding hydrogens is 387 g/mol. The maximum absolute atomic E-state index is 15.3. The first-order valence-electron chi connectivity index (χ1n) is 10.7. The minimum Gasteiger partial charge on any atom is -0.492 e. The molecule has 4 N–H and O–H groups in total. The number of nitrogens with two attached hydrogens (primary N) is 1. The van der Waals surface area contributed by atoms with Crippen molar-refractivity contribution in [2.75, 3.05) is 29.5 Å². The van der Waals surface area contributed by atoms with Crippen molar-refractivity contribution in [1.82, 2.24) is 14.8 Å². The zero-order valence-electron chi connectivity index (χ0n) is 17.3. The summed E-state index contributed by atoms with van der Waals surface area (Å²) >= 11 is 0. The van der Waals surface area contributed by atoms with Gasteiger partial charge < -0.3 is 21.1 Å². The third-order valence-electron chi connectivity index (χ3n) is 6.14. The lowest BCUT2D eigenvalue weighted by atomic mass is 9.79. The fourth-order valence-electron chi connectivity index (χ4n) is 4.64. The summed E-state index contributed by atoms with van der Waals surface area (Å²) in [5, 5.41) is 10.3. The molecule has 30 heavy (non-hydrogen) atoms. The number of alkyl halides is 1. The van der Waals surface area contributed by atoms with E-state index in [0.717, 1.165) is 25.7 Å². The van der Waals surface area contributed by atoms with E-state index in [1.807, 2.05) is 6.92 Å². The van der Waals surface area contributed by atoms with Gasteiger partial charge in [0.15, 0.2) is 5.82 Å². The molecule has 1 atom stereocenters. The highest BCUT2D eigenvalue weighted by molar-refractivity contribution is 6.11. The van der Waals surface area contributed by atoms with Crippen LogP contribution in [0.5, 0.6) is 5.75 Å². The van der Waals surface area contributed by atoms with Crippen molar-refractivity contribution in [1.29, 1.82) is 0 Å². The van der Waals surface area contributed by atoms with Crippen LogP contribution >= 0.6 is 0 Å². The molecule has 3 heterocycles. The predicted molar refractivity (Wildman–Crippen MR) is 114 cm³/mol. The number of halogens is 1. The van der Waals surface area contributed by atoms with Crippen molar-refractivity contribution >= 4 is 23.2 Å². The van der Waals surface area contributed by atoms with Gasteiger partial charge in [-0.05, 0) is 19.8 Å². The number of nitrogen functional groups attached to an aromatic ring is 1. The lowest BCUT2D eigenvalue weighted by Crippen LogP contribution is -2.51. The average Bonchev–Trinajstić information content (AvgIpc) is 3.05. The van der Waals surface area contributed by atoms with Crippen molar-refractivity contribution < 1.29 is 13.9 Å². The number of nitrogens with one attached hydrogen (secondary N) is 2. The molecule has 1 aliphatic heterocycles. The summed E-state index contributed by atoms with van der Waals surface area (Å²) in [6.45, 7) is 2.46. The molecule has 4 rings (SSSR count). The van der Waals surface area contributed by atoms with E-state index in [1.165, 1.54) is 12.6 Å². The van der Waals surface area contributed by atoms with Crippen LogP contribution in [0.4, 0.5) is 21.7 Å². The molecule has 0 bridgehead atoms. The van der Waals surface area contributed by atoms with Gasteiger partial charge in [0.25, 0.3) is 5.91 Å². The summed E-state index contributed by atoms with van der Waals surface area (Å²) in [5.74, 6) is 0.677. The normalized spacial score (nSPS) is 20.5. The highest BCUT2D eigenvalue weighted by Gasteiger charge is 2.47. The summed E-state index contributed by atoms with van der Waals surface area (Å²) < 4.78 is 22.5. The second kappa shape index (κ2) is 8.49. The van der Waals surface area contributed by atoms with Crippen LogP contribution in [-0.2, 0) is 5.54 Å². The number of anilines is 3. The van der Waals surface area contributed by atoms with E-state index in [4.69, 9.17) is 10.5 Å². The molecule has 1 fully saturated rings. The molecule has 1 saturated carbocycles. The Kier molecular flexibility index (Phi) is 5.78. The smallest absolute Gasteiger partial charge is 0.263 e. The molecule has 2 aromatic rings. The number of pyridine rings is 1. The second-order valence-corrected chi connectivity index (χ2v) is 8.00. The number of amides is 1. The van der Waals surface area contributed by atoms with E-state index in [9.17, 15) is 4.79 Å². The van der Waals surface area contributed by atoms with Gasteiger partial charge in [-0.1, -0.05) is 32.1 Å². The first-order chi connectivity index (χ1) is 14.6. The highest BCUT2D eigenvalue weighted by atomic mass is 19.1. The Bertz CT molecular complexity index is 907. The molecule has 1 unspecified atom stereocenters. The molecule has 1 amide bonds. The number of hydrogen-bond acceptors (Lipinski definition) is 6. The molecule has 9 heteroatoms. The number of fused-ring (bicyclic) bond motifs is 2. The van der Waals surface area contributed by atoms with Crippen molar-refractivity contribution in [3.63, 3.8) is 0 Å². The van der Waals surface area contributed by atoms with Gasteiger partial charge in [0.2, 0.25) is 0 Å². The Labute approximate surface area is 175 Å². The van der Waals surface area contributed by atoms with E-state index >= 15 is 4.39 Å². The van der Waals surface area contributed by atoms with Crippen LogP contribution in [0, 0.1) is 0 Å². The van der Waals surface area contributed by atoms with E-state index in [2.05, 4.69) is 20.7 Å². The average molecular weight is 417 g/mol. The van der Waals surface area contributed by atoms with Crippen LogP contribution in [0.3, 0.4) is 0 Å². The zero-order valence-corrected chi connectivity index (χ0v) is 17.3. The predicted octanol–water partition coefficient (Wildman–Crippen LogP) is 3.71. The van der Waals surface area contributed by atoms with Crippen LogP contribution in [0.25, 0.3) is 0 Å². The van der Waals surface area contributed by atoms with Gasteiger partial charge in [0, 0.05) is 18.8 Å². The number of rotatable bonds is 4. The van der Waals surface area contributed by atoms with Gasteiger partial charge in [-0.15, -0.1) is 0 Å². The number of aromatic nitrogens is 3. The van der Waals surface area contributed by atoms with Gasteiger partial charge in [-0.3, -0.25) is 9.78 Å². The molecule has 0 aromatic carbocycles. The van der Waals surface area contributed by atoms with Crippen LogP contribution < -0.4 is 21.1 Å². The minimum atomic E-state index is -1.08. The van der Waals surface area contributed by atoms with E-state index in [0.29, 0.717) is 36.7 Å². The molecule has 2 aliphatic rings. The number of hydrogen-bond donors (Lipinski definition) is 3. The second-order valence-electron chi connectivity index (χ2n) is 8.00. The number of carbonyl (C=O) groups excluding carboxylic acids is 1. The highest BCUT2D eigenvalue weighted by Crippen LogP contribution is 2.44. The third kappa shape index (κ3) is 3.57. The summed E-state index contributed by atoms with van der Waals surface area (Å²) in [6.07, 6.45) is 8.66.